The Labute approximate surface area is 148 Å². The third-order valence-corrected chi connectivity index (χ3v) is 6.09. The molecule has 0 saturated carbocycles. The van der Waals surface area contributed by atoms with Gasteiger partial charge in [-0.15, -0.1) is 12.4 Å². The lowest BCUT2D eigenvalue weighted by Crippen LogP contribution is -2.53. The van der Waals surface area contributed by atoms with Gasteiger partial charge in [-0.25, -0.2) is 12.8 Å². The van der Waals surface area contributed by atoms with E-state index in [4.69, 9.17) is 5.73 Å². The van der Waals surface area contributed by atoms with E-state index in [0.29, 0.717) is 13.1 Å². The second-order valence-electron chi connectivity index (χ2n) is 5.83. The van der Waals surface area contributed by atoms with Crippen molar-refractivity contribution in [3.8, 4) is 0 Å². The van der Waals surface area contributed by atoms with Crippen molar-refractivity contribution in [2.24, 2.45) is 11.7 Å². The van der Waals surface area contributed by atoms with Crippen molar-refractivity contribution >= 4 is 28.3 Å². The van der Waals surface area contributed by atoms with Crippen molar-refractivity contribution in [1.29, 1.82) is 0 Å². The van der Waals surface area contributed by atoms with E-state index in [0.717, 1.165) is 12.1 Å². The molecule has 6 nitrogen and oxygen atoms in total. The van der Waals surface area contributed by atoms with E-state index in [1.165, 1.54) is 16.4 Å². The van der Waals surface area contributed by atoms with Gasteiger partial charge in [0.05, 0.1) is 10.8 Å². The van der Waals surface area contributed by atoms with Crippen LogP contribution in [-0.2, 0) is 14.8 Å². The molecule has 0 aliphatic carbocycles. The van der Waals surface area contributed by atoms with Gasteiger partial charge in [-0.1, -0.05) is 6.92 Å². The lowest BCUT2D eigenvalue weighted by molar-refractivity contribution is -0.136. The molecule has 1 aliphatic heterocycles. The average Bonchev–Trinajstić information content (AvgIpc) is 2.54. The fourth-order valence-corrected chi connectivity index (χ4v) is 3.84. The Morgan fingerprint density at radius 3 is 2.08 bits per heavy atom. The van der Waals surface area contributed by atoms with Crippen molar-refractivity contribution in [2.75, 3.05) is 26.2 Å². The molecule has 24 heavy (non-hydrogen) atoms. The molecule has 2 N–H and O–H groups in total. The first kappa shape index (κ1) is 20.8. The summed E-state index contributed by atoms with van der Waals surface area (Å²) >= 11 is 0. The molecule has 0 bridgehead atoms. The molecule has 0 spiro atoms. The van der Waals surface area contributed by atoms with Crippen LogP contribution >= 0.6 is 12.4 Å². The zero-order chi connectivity index (χ0) is 17.2. The number of piperazine rings is 1. The Kier molecular flexibility index (Phi) is 7.15. The largest absolute Gasteiger partial charge is 0.340 e. The number of sulfonamides is 1. The van der Waals surface area contributed by atoms with Crippen LogP contribution in [0.5, 0.6) is 0 Å². The van der Waals surface area contributed by atoms with Crippen LogP contribution in [0.2, 0.25) is 0 Å². The molecule has 1 amide bonds. The van der Waals surface area contributed by atoms with Gasteiger partial charge in [-0.2, -0.15) is 4.31 Å². The van der Waals surface area contributed by atoms with Crippen LogP contribution in [0.15, 0.2) is 29.2 Å². The van der Waals surface area contributed by atoms with E-state index >= 15 is 0 Å². The van der Waals surface area contributed by atoms with Crippen LogP contribution in [0.4, 0.5) is 4.39 Å². The zero-order valence-electron chi connectivity index (χ0n) is 13.7. The summed E-state index contributed by atoms with van der Waals surface area (Å²) in [6.07, 6.45) is 0. The fraction of sp³-hybridized carbons (Fsp3) is 0.533. The summed E-state index contributed by atoms with van der Waals surface area (Å²) in [5, 5.41) is 0. The zero-order valence-corrected chi connectivity index (χ0v) is 15.3. The van der Waals surface area contributed by atoms with Crippen molar-refractivity contribution in [2.45, 2.75) is 24.8 Å². The maximum absolute atomic E-state index is 12.9. The fourth-order valence-electron chi connectivity index (χ4n) is 2.42. The first-order valence-electron chi connectivity index (χ1n) is 7.53. The SMILES string of the molecule is CC(N)C(C)C(=O)N1CCN(S(=O)(=O)c2ccc(F)cc2)CC1.Cl. The van der Waals surface area contributed by atoms with Gasteiger partial charge in [0, 0.05) is 32.2 Å². The summed E-state index contributed by atoms with van der Waals surface area (Å²) in [7, 11) is -3.66. The van der Waals surface area contributed by atoms with Crippen LogP contribution in [0, 0.1) is 11.7 Å². The minimum atomic E-state index is -3.66. The summed E-state index contributed by atoms with van der Waals surface area (Å²) in [5.74, 6) is -0.835. The second-order valence-corrected chi connectivity index (χ2v) is 7.77. The Morgan fingerprint density at radius 2 is 1.62 bits per heavy atom. The Morgan fingerprint density at radius 1 is 1.12 bits per heavy atom. The highest BCUT2D eigenvalue weighted by Gasteiger charge is 2.32. The Hall–Kier alpha value is -1.22. The molecule has 1 aromatic carbocycles. The monoisotopic (exact) mass is 379 g/mol. The molecule has 1 saturated heterocycles. The second kappa shape index (κ2) is 8.24. The summed E-state index contributed by atoms with van der Waals surface area (Å²) in [4.78, 5) is 13.9. The lowest BCUT2D eigenvalue weighted by Gasteiger charge is -2.35. The number of amides is 1. The van der Waals surface area contributed by atoms with Crippen LogP contribution in [-0.4, -0.2) is 55.8 Å². The standard InChI is InChI=1S/C15H22FN3O3S.ClH/c1-11(12(2)17)15(20)18-7-9-19(10-8-18)23(21,22)14-5-3-13(16)4-6-14;/h3-6,11-12H,7-10,17H2,1-2H3;1H. The molecule has 2 atom stereocenters. The maximum Gasteiger partial charge on any atom is 0.243 e. The highest BCUT2D eigenvalue weighted by molar-refractivity contribution is 7.89. The molecule has 136 valence electrons. The van der Waals surface area contributed by atoms with Gasteiger partial charge >= 0.3 is 0 Å². The lowest BCUT2D eigenvalue weighted by atomic mass is 10.0. The van der Waals surface area contributed by atoms with E-state index in [2.05, 4.69) is 0 Å². The van der Waals surface area contributed by atoms with E-state index in [1.54, 1.807) is 18.7 Å². The summed E-state index contributed by atoms with van der Waals surface area (Å²) in [6.45, 7) is 4.65. The number of halogens is 2. The van der Waals surface area contributed by atoms with E-state index in [9.17, 15) is 17.6 Å². The van der Waals surface area contributed by atoms with E-state index in [1.807, 2.05) is 0 Å². The number of nitrogens with zero attached hydrogens (tertiary/aromatic N) is 2. The normalized spacial score (nSPS) is 18.6. The number of rotatable bonds is 4. The predicted molar refractivity (Wildman–Crippen MR) is 91.8 cm³/mol. The van der Waals surface area contributed by atoms with Crippen molar-refractivity contribution < 1.29 is 17.6 Å². The number of nitrogens with two attached hydrogens (primary N) is 1. The minimum absolute atomic E-state index is 0. The number of hydrogen-bond donors (Lipinski definition) is 1. The molecule has 1 aromatic rings. The molecule has 2 rings (SSSR count). The molecule has 1 aliphatic rings. The number of benzene rings is 1. The van der Waals surface area contributed by atoms with Crippen molar-refractivity contribution in [1.82, 2.24) is 9.21 Å². The van der Waals surface area contributed by atoms with Gasteiger partial charge < -0.3 is 10.6 Å². The number of carbonyl (C=O) groups is 1. The van der Waals surface area contributed by atoms with Gasteiger partial charge in [0.2, 0.25) is 15.9 Å². The number of carbonyl (C=O) groups excluding carboxylic acids is 1. The quantitative estimate of drug-likeness (QED) is 0.848. The van der Waals surface area contributed by atoms with Gasteiger partial charge in [-0.05, 0) is 31.2 Å². The highest BCUT2D eigenvalue weighted by atomic mass is 35.5. The smallest absolute Gasteiger partial charge is 0.243 e. The van der Waals surface area contributed by atoms with E-state index in [-0.39, 0.29) is 48.3 Å². The Bertz CT molecular complexity index is 659. The van der Waals surface area contributed by atoms with Crippen molar-refractivity contribution in [3.63, 3.8) is 0 Å². The Balaban J connectivity index is 0.00000288. The third-order valence-electron chi connectivity index (χ3n) is 4.18. The average molecular weight is 380 g/mol. The minimum Gasteiger partial charge on any atom is -0.340 e. The van der Waals surface area contributed by atoms with Crippen LogP contribution < -0.4 is 5.73 Å². The summed E-state index contributed by atoms with van der Waals surface area (Å²) < 4.78 is 39.2. The number of hydrogen-bond acceptors (Lipinski definition) is 4. The summed E-state index contributed by atoms with van der Waals surface area (Å²) in [6, 6.07) is 4.50. The molecule has 9 heteroatoms. The third kappa shape index (κ3) is 4.44. The van der Waals surface area contributed by atoms with Crippen LogP contribution in [0.3, 0.4) is 0 Å². The molecular formula is C15H23ClFN3O3S. The first-order valence-corrected chi connectivity index (χ1v) is 8.97. The van der Waals surface area contributed by atoms with Gasteiger partial charge in [0.1, 0.15) is 5.82 Å². The topological polar surface area (TPSA) is 83.7 Å². The van der Waals surface area contributed by atoms with Gasteiger partial charge in [0.25, 0.3) is 0 Å². The highest BCUT2D eigenvalue weighted by Crippen LogP contribution is 2.19. The van der Waals surface area contributed by atoms with Crippen molar-refractivity contribution in [3.05, 3.63) is 30.1 Å². The predicted octanol–water partition coefficient (Wildman–Crippen LogP) is 1.06. The molecule has 1 heterocycles. The van der Waals surface area contributed by atoms with E-state index < -0.39 is 15.8 Å². The van der Waals surface area contributed by atoms with Gasteiger partial charge in [-0.3, -0.25) is 4.79 Å². The molecule has 2 unspecified atom stereocenters. The molecule has 0 radical (unpaired) electrons. The summed E-state index contributed by atoms with van der Waals surface area (Å²) in [5.41, 5.74) is 5.74. The van der Waals surface area contributed by atoms with Crippen LogP contribution in [0.1, 0.15) is 13.8 Å². The molecule has 1 fully saturated rings. The molecular weight excluding hydrogens is 357 g/mol. The van der Waals surface area contributed by atoms with Crippen LogP contribution in [0.25, 0.3) is 0 Å². The first-order chi connectivity index (χ1) is 10.7. The maximum atomic E-state index is 12.9. The molecule has 0 aromatic heterocycles. The van der Waals surface area contributed by atoms with Gasteiger partial charge in [0.15, 0.2) is 0 Å².